The lowest BCUT2D eigenvalue weighted by molar-refractivity contribution is -0.116. The Morgan fingerprint density at radius 2 is 1.10 bits per heavy atom. The average Bonchev–Trinajstić information content (AvgIpc) is 2.91. The van der Waals surface area contributed by atoms with Crippen molar-refractivity contribution >= 4 is 5.78 Å². The van der Waals surface area contributed by atoms with Gasteiger partial charge >= 0.3 is 0 Å². The predicted molar refractivity (Wildman–Crippen MR) is 183 cm³/mol. The van der Waals surface area contributed by atoms with Crippen LogP contribution in [-0.2, 0) is 4.79 Å². The predicted octanol–water partition coefficient (Wildman–Crippen LogP) is 10.8. The van der Waals surface area contributed by atoms with Crippen molar-refractivity contribution < 1.29 is 9.90 Å². The molecule has 0 aromatic rings. The summed E-state index contributed by atoms with van der Waals surface area (Å²) in [5.74, 6) is 0.273. The normalized spacial score (nSPS) is 23.3. The third-order valence-electron chi connectivity index (χ3n) is 8.52. The van der Waals surface area contributed by atoms with E-state index in [1.807, 2.05) is 6.92 Å². The van der Waals surface area contributed by atoms with Gasteiger partial charge in [-0.05, 0) is 93.9 Å². The van der Waals surface area contributed by atoms with E-state index in [4.69, 9.17) is 0 Å². The molecule has 0 aromatic heterocycles. The monoisotopic (exact) mass is 566 g/mol. The third kappa shape index (κ3) is 10.9. The Hall–Kier alpha value is -3.23. The molecule has 0 unspecified atom stereocenters. The zero-order valence-electron chi connectivity index (χ0n) is 27.8. The molecule has 0 saturated heterocycles. The number of hydrogen-bond donors (Lipinski definition) is 1. The number of ketones is 1. The summed E-state index contributed by atoms with van der Waals surface area (Å²) in [6.07, 6.45) is 32.6. The highest BCUT2D eigenvalue weighted by atomic mass is 16.3. The van der Waals surface area contributed by atoms with Crippen molar-refractivity contribution in [3.05, 3.63) is 130 Å². The van der Waals surface area contributed by atoms with Crippen molar-refractivity contribution in [1.29, 1.82) is 0 Å². The van der Waals surface area contributed by atoms with E-state index in [-0.39, 0.29) is 22.7 Å². The van der Waals surface area contributed by atoms with Crippen molar-refractivity contribution in [2.45, 2.75) is 101 Å². The van der Waals surface area contributed by atoms with Crippen LogP contribution in [0.5, 0.6) is 0 Å². The highest BCUT2D eigenvalue weighted by molar-refractivity contribution is 5.97. The number of aliphatic hydroxyl groups excluding tert-OH is 1. The minimum Gasteiger partial charge on any atom is -0.389 e. The van der Waals surface area contributed by atoms with Gasteiger partial charge in [-0.3, -0.25) is 4.79 Å². The van der Waals surface area contributed by atoms with E-state index in [1.165, 1.54) is 22.3 Å². The molecule has 2 heteroatoms. The summed E-state index contributed by atoms with van der Waals surface area (Å²) in [4.78, 5) is 12.2. The lowest BCUT2D eigenvalue weighted by atomic mass is 9.71. The first-order valence-electron chi connectivity index (χ1n) is 15.4. The number of hydrogen-bond acceptors (Lipinski definition) is 2. The van der Waals surface area contributed by atoms with E-state index in [0.717, 1.165) is 41.6 Å². The van der Waals surface area contributed by atoms with Gasteiger partial charge in [0.1, 0.15) is 0 Å². The molecule has 2 aliphatic carbocycles. The molecule has 0 saturated carbocycles. The number of carbonyl (C=O) groups is 1. The Morgan fingerprint density at radius 3 is 1.62 bits per heavy atom. The van der Waals surface area contributed by atoms with Crippen LogP contribution in [0.4, 0.5) is 0 Å². The van der Waals surface area contributed by atoms with Gasteiger partial charge in [-0.25, -0.2) is 0 Å². The quantitative estimate of drug-likeness (QED) is 0.267. The molecule has 226 valence electrons. The van der Waals surface area contributed by atoms with Gasteiger partial charge in [0.2, 0.25) is 0 Å². The van der Waals surface area contributed by atoms with Gasteiger partial charge in [0.05, 0.1) is 6.10 Å². The fourth-order valence-corrected chi connectivity index (χ4v) is 5.45. The molecule has 0 amide bonds. The Kier molecular flexibility index (Phi) is 13.2. The lowest BCUT2D eigenvalue weighted by Gasteiger charge is -2.35. The van der Waals surface area contributed by atoms with Crippen LogP contribution in [0.3, 0.4) is 0 Å². The maximum atomic E-state index is 12.2. The summed E-state index contributed by atoms with van der Waals surface area (Å²) in [6.45, 7) is 21.4. The van der Waals surface area contributed by atoms with E-state index in [0.29, 0.717) is 6.42 Å². The number of allylic oxidation sites excluding steroid dienone is 21. The first-order valence-corrected chi connectivity index (χ1v) is 15.4. The molecule has 0 spiro atoms. The Bertz CT molecular complexity index is 1330. The van der Waals surface area contributed by atoms with Gasteiger partial charge in [0.25, 0.3) is 0 Å². The maximum absolute atomic E-state index is 12.2. The highest BCUT2D eigenvalue weighted by Gasteiger charge is 2.31. The van der Waals surface area contributed by atoms with Gasteiger partial charge in [0, 0.05) is 6.42 Å². The van der Waals surface area contributed by atoms with Crippen molar-refractivity contribution in [1.82, 2.24) is 0 Å². The van der Waals surface area contributed by atoms with Gasteiger partial charge in [0.15, 0.2) is 5.78 Å². The second kappa shape index (κ2) is 15.8. The van der Waals surface area contributed by atoms with Gasteiger partial charge in [-0.15, -0.1) is 0 Å². The molecular weight excluding hydrogens is 512 g/mol. The molecule has 2 aliphatic rings. The molecule has 1 atom stereocenters. The molecule has 2 nitrogen and oxygen atoms in total. The van der Waals surface area contributed by atoms with Crippen LogP contribution < -0.4 is 0 Å². The standard InChI is InChI=1S/C40H54O2/c1-29(17-13-19-31(3)21-23-35-33(5)37(41)25-27-39(35,7)8)15-11-12-16-30(2)18-14-20-32(4)22-24-36-34(6)38(42)26-28-40(36,9)10/h11-24,37,41H,25-28H2,1-10H3/b12-11+,17-13+,18-14+,23-21-,24-22-,29-15-,30-16+,31-19+,32-20+/t37-/m1/s1. The number of aliphatic hydroxyl groups is 1. The van der Waals surface area contributed by atoms with Gasteiger partial charge < -0.3 is 5.11 Å². The second-order valence-electron chi connectivity index (χ2n) is 13.3. The number of Topliss-reactive ketones (excluding diaryl/α,β-unsaturated/α-hetero) is 1. The average molecular weight is 567 g/mol. The summed E-state index contributed by atoms with van der Waals surface area (Å²) < 4.78 is 0. The largest absolute Gasteiger partial charge is 0.389 e. The maximum Gasteiger partial charge on any atom is 0.158 e. The molecule has 2 rings (SSSR count). The molecule has 0 heterocycles. The van der Waals surface area contributed by atoms with Crippen LogP contribution in [0.1, 0.15) is 94.9 Å². The van der Waals surface area contributed by atoms with E-state index in [9.17, 15) is 9.90 Å². The molecule has 0 bridgehead atoms. The summed E-state index contributed by atoms with van der Waals surface area (Å²) in [7, 11) is 0. The molecule has 42 heavy (non-hydrogen) atoms. The van der Waals surface area contributed by atoms with Crippen LogP contribution in [0.25, 0.3) is 0 Å². The summed E-state index contributed by atoms with van der Waals surface area (Å²) in [6, 6.07) is 0. The zero-order chi connectivity index (χ0) is 31.5. The SMILES string of the molecule is CC1=C(\C=C/C(C)=C/C=C/C(C)=C/C=C/C=C(C)\C=C\C=C(C)\C=C/C2=C(C)[C@H](O)CCC2(C)C)C(C)(C)CCC1=O. The number of carbonyl (C=O) groups excluding carboxylic acids is 1. The fraction of sp³-hybridized carbons (Fsp3) is 0.425. The van der Waals surface area contributed by atoms with Gasteiger partial charge in [-0.2, -0.15) is 0 Å². The van der Waals surface area contributed by atoms with E-state index < -0.39 is 0 Å². The Labute approximate surface area is 256 Å². The van der Waals surface area contributed by atoms with Crippen LogP contribution in [0.2, 0.25) is 0 Å². The van der Waals surface area contributed by atoms with Crippen LogP contribution >= 0.6 is 0 Å². The summed E-state index contributed by atoms with van der Waals surface area (Å²) in [5.41, 5.74) is 9.24. The first-order chi connectivity index (χ1) is 19.6. The van der Waals surface area contributed by atoms with Crippen LogP contribution in [-0.4, -0.2) is 17.0 Å². The summed E-state index contributed by atoms with van der Waals surface area (Å²) >= 11 is 0. The molecular formula is C40H54O2. The lowest BCUT2D eigenvalue weighted by Crippen LogP contribution is -2.27. The molecule has 0 radical (unpaired) electrons. The van der Waals surface area contributed by atoms with Crippen molar-refractivity contribution in [3.8, 4) is 0 Å². The van der Waals surface area contributed by atoms with Crippen molar-refractivity contribution in [2.24, 2.45) is 10.8 Å². The molecule has 1 N–H and O–H groups in total. The Balaban J connectivity index is 1.92. The van der Waals surface area contributed by atoms with Crippen LogP contribution in [0, 0.1) is 10.8 Å². The highest BCUT2D eigenvalue weighted by Crippen LogP contribution is 2.41. The van der Waals surface area contributed by atoms with E-state index in [1.54, 1.807) is 0 Å². The summed E-state index contributed by atoms with van der Waals surface area (Å²) in [5, 5.41) is 10.3. The zero-order valence-corrected chi connectivity index (χ0v) is 27.8. The van der Waals surface area contributed by atoms with Gasteiger partial charge in [-0.1, -0.05) is 135 Å². The van der Waals surface area contributed by atoms with E-state index in [2.05, 4.69) is 147 Å². The Morgan fingerprint density at radius 1 is 0.667 bits per heavy atom. The minimum atomic E-state index is -0.318. The first kappa shape index (κ1) is 35.0. The molecule has 0 fully saturated rings. The second-order valence-corrected chi connectivity index (χ2v) is 13.3. The molecule has 0 aliphatic heterocycles. The minimum absolute atomic E-state index is 0.0428. The van der Waals surface area contributed by atoms with Crippen molar-refractivity contribution in [2.75, 3.05) is 0 Å². The molecule has 0 aromatic carbocycles. The third-order valence-corrected chi connectivity index (χ3v) is 8.52. The van der Waals surface area contributed by atoms with E-state index >= 15 is 0 Å². The topological polar surface area (TPSA) is 37.3 Å². The van der Waals surface area contributed by atoms with Crippen molar-refractivity contribution in [3.63, 3.8) is 0 Å². The number of rotatable bonds is 10. The fourth-order valence-electron chi connectivity index (χ4n) is 5.45. The van der Waals surface area contributed by atoms with Crippen LogP contribution in [0.15, 0.2) is 130 Å². The smallest absolute Gasteiger partial charge is 0.158 e.